The van der Waals surface area contributed by atoms with E-state index in [1.807, 2.05) is 0 Å². The molecular weight excluding hydrogens is 230 g/mol. The second kappa shape index (κ2) is 3.91. The molecule has 0 aromatic rings. The predicted octanol–water partition coefficient (Wildman–Crippen LogP) is 2.53. The molecule has 0 aliphatic heterocycles. The van der Waals surface area contributed by atoms with E-state index in [9.17, 15) is 4.79 Å². The summed E-state index contributed by atoms with van der Waals surface area (Å²) in [5.74, 6) is -0.0992. The van der Waals surface area contributed by atoms with Crippen molar-refractivity contribution in [2.45, 2.75) is 38.5 Å². The van der Waals surface area contributed by atoms with Crippen molar-refractivity contribution >= 4 is 22.7 Å². The van der Waals surface area contributed by atoms with Crippen molar-refractivity contribution < 1.29 is 14.7 Å². The first-order chi connectivity index (χ1) is 7.58. The average molecular weight is 246 g/mol. The number of methoxy groups -OCH3 is 1. The number of carbonyl (C=O) groups is 1. The zero-order valence-electron chi connectivity index (χ0n) is 9.33. The third kappa shape index (κ3) is 1.51. The van der Waals surface area contributed by atoms with E-state index in [4.69, 9.17) is 21.5 Å². The SMILES string of the molecule is COC(=O)C12CCC(C(Cl)=NO)(CC1)CC2. The minimum absolute atomic E-state index is 0.0992. The lowest BCUT2D eigenvalue weighted by molar-refractivity contribution is -0.160. The van der Waals surface area contributed by atoms with Gasteiger partial charge in [0.15, 0.2) is 5.17 Å². The van der Waals surface area contributed by atoms with Gasteiger partial charge in [0, 0.05) is 5.41 Å². The van der Waals surface area contributed by atoms with Crippen LogP contribution in [0.15, 0.2) is 5.16 Å². The van der Waals surface area contributed by atoms with Gasteiger partial charge in [-0.2, -0.15) is 0 Å². The van der Waals surface area contributed by atoms with Gasteiger partial charge >= 0.3 is 5.97 Å². The Labute approximate surface area is 99.6 Å². The molecule has 0 heterocycles. The summed E-state index contributed by atoms with van der Waals surface area (Å²) in [6.07, 6.45) is 4.78. The third-order valence-corrected chi connectivity index (χ3v) is 4.87. The number of hydrogen-bond donors (Lipinski definition) is 1. The summed E-state index contributed by atoms with van der Waals surface area (Å²) in [6, 6.07) is 0. The van der Waals surface area contributed by atoms with Crippen LogP contribution in [0.4, 0.5) is 0 Å². The lowest BCUT2D eigenvalue weighted by Gasteiger charge is -2.50. The van der Waals surface area contributed by atoms with Gasteiger partial charge in [-0.05, 0) is 38.5 Å². The number of hydrogen-bond acceptors (Lipinski definition) is 4. The van der Waals surface area contributed by atoms with Crippen LogP contribution in [-0.4, -0.2) is 23.5 Å². The van der Waals surface area contributed by atoms with E-state index in [1.165, 1.54) is 7.11 Å². The number of fused-ring (bicyclic) bond motifs is 3. The van der Waals surface area contributed by atoms with Gasteiger partial charge in [0.25, 0.3) is 0 Å². The van der Waals surface area contributed by atoms with Crippen molar-refractivity contribution in [3.8, 4) is 0 Å². The molecule has 0 aromatic carbocycles. The second-order valence-corrected chi connectivity index (χ2v) is 5.30. The van der Waals surface area contributed by atoms with Crippen molar-refractivity contribution in [2.75, 3.05) is 7.11 Å². The Kier molecular flexibility index (Phi) is 2.86. The van der Waals surface area contributed by atoms with Crippen LogP contribution < -0.4 is 0 Å². The minimum atomic E-state index is -0.302. The first kappa shape index (κ1) is 11.7. The molecule has 1 N–H and O–H groups in total. The molecule has 90 valence electrons. The second-order valence-electron chi connectivity index (χ2n) is 4.94. The quantitative estimate of drug-likeness (QED) is 0.352. The Morgan fingerprint density at radius 1 is 1.19 bits per heavy atom. The van der Waals surface area contributed by atoms with Crippen LogP contribution in [0.3, 0.4) is 0 Å². The maximum Gasteiger partial charge on any atom is 0.311 e. The highest BCUT2D eigenvalue weighted by molar-refractivity contribution is 6.66. The van der Waals surface area contributed by atoms with Crippen LogP contribution in [0, 0.1) is 10.8 Å². The van der Waals surface area contributed by atoms with Gasteiger partial charge in [-0.1, -0.05) is 16.8 Å². The van der Waals surface area contributed by atoms with Crippen molar-refractivity contribution in [3.05, 3.63) is 0 Å². The van der Waals surface area contributed by atoms with Crippen molar-refractivity contribution in [2.24, 2.45) is 16.0 Å². The summed E-state index contributed by atoms with van der Waals surface area (Å²) < 4.78 is 4.88. The molecule has 3 aliphatic carbocycles. The summed E-state index contributed by atoms with van der Waals surface area (Å²) in [4.78, 5) is 11.8. The van der Waals surface area contributed by atoms with Gasteiger partial charge in [-0.3, -0.25) is 4.79 Å². The van der Waals surface area contributed by atoms with E-state index < -0.39 is 0 Å². The zero-order chi connectivity index (χ0) is 11.8. The minimum Gasteiger partial charge on any atom is -0.469 e. The maximum atomic E-state index is 11.8. The fourth-order valence-corrected chi connectivity index (χ4v) is 3.41. The van der Waals surface area contributed by atoms with E-state index in [0.29, 0.717) is 5.17 Å². The van der Waals surface area contributed by atoms with Crippen LogP contribution in [0.25, 0.3) is 0 Å². The molecule has 0 radical (unpaired) electrons. The van der Waals surface area contributed by atoms with E-state index in [1.54, 1.807) is 0 Å². The molecule has 0 spiro atoms. The normalized spacial score (nSPS) is 38.5. The van der Waals surface area contributed by atoms with Gasteiger partial charge in [0.1, 0.15) is 0 Å². The Morgan fingerprint density at radius 2 is 1.62 bits per heavy atom. The molecule has 16 heavy (non-hydrogen) atoms. The Hall–Kier alpha value is -0.770. The molecule has 0 saturated heterocycles. The Morgan fingerprint density at radius 3 is 2.00 bits per heavy atom. The molecular formula is C11H16ClNO3. The van der Waals surface area contributed by atoms with Crippen LogP contribution in [-0.2, 0) is 9.53 Å². The molecule has 5 heteroatoms. The van der Waals surface area contributed by atoms with Crippen molar-refractivity contribution in [3.63, 3.8) is 0 Å². The van der Waals surface area contributed by atoms with Crippen LogP contribution in [0.5, 0.6) is 0 Å². The van der Waals surface area contributed by atoms with Crippen LogP contribution in [0.1, 0.15) is 38.5 Å². The summed E-state index contributed by atoms with van der Waals surface area (Å²) in [5, 5.41) is 12.2. The van der Waals surface area contributed by atoms with Gasteiger partial charge in [0.2, 0.25) is 0 Å². The topological polar surface area (TPSA) is 58.9 Å². The number of rotatable bonds is 2. The first-order valence-corrected chi connectivity index (χ1v) is 5.93. The van der Waals surface area contributed by atoms with E-state index in [0.717, 1.165) is 38.5 Å². The summed E-state index contributed by atoms with van der Waals surface area (Å²) in [6.45, 7) is 0. The van der Waals surface area contributed by atoms with Crippen molar-refractivity contribution in [1.82, 2.24) is 0 Å². The van der Waals surface area contributed by atoms with Gasteiger partial charge < -0.3 is 9.94 Å². The smallest absolute Gasteiger partial charge is 0.311 e. The lowest BCUT2D eigenvalue weighted by Crippen LogP contribution is -2.48. The van der Waals surface area contributed by atoms with Crippen LogP contribution in [0.2, 0.25) is 0 Å². The molecule has 0 aromatic heterocycles. The van der Waals surface area contributed by atoms with E-state index in [-0.39, 0.29) is 16.8 Å². The standard InChI is InChI=1S/C11H16ClNO3/c1-16-9(14)11-5-2-10(3-6-11,4-7-11)8(12)13-15/h15H,2-7H2,1H3. The van der Waals surface area contributed by atoms with E-state index >= 15 is 0 Å². The molecule has 0 amide bonds. The first-order valence-electron chi connectivity index (χ1n) is 5.55. The van der Waals surface area contributed by atoms with Gasteiger partial charge in [0.05, 0.1) is 12.5 Å². The maximum absolute atomic E-state index is 11.8. The van der Waals surface area contributed by atoms with Gasteiger partial charge in [-0.25, -0.2) is 0 Å². The summed E-state index contributed by atoms with van der Waals surface area (Å²) >= 11 is 5.97. The molecule has 3 fully saturated rings. The molecule has 3 saturated carbocycles. The fraction of sp³-hybridized carbons (Fsp3) is 0.818. The highest BCUT2D eigenvalue weighted by Crippen LogP contribution is 2.58. The van der Waals surface area contributed by atoms with Crippen molar-refractivity contribution in [1.29, 1.82) is 0 Å². The molecule has 3 aliphatic rings. The summed E-state index contributed by atoms with van der Waals surface area (Å²) in [7, 11) is 1.44. The number of halogens is 1. The largest absolute Gasteiger partial charge is 0.469 e. The average Bonchev–Trinajstić information content (AvgIpc) is 2.38. The number of ether oxygens (including phenoxy) is 1. The lowest BCUT2D eigenvalue weighted by atomic mass is 9.54. The molecule has 3 rings (SSSR count). The number of esters is 1. The Bertz CT molecular complexity index is 316. The number of carbonyl (C=O) groups excluding carboxylic acids is 1. The van der Waals surface area contributed by atoms with E-state index in [2.05, 4.69) is 5.16 Å². The molecule has 4 nitrogen and oxygen atoms in total. The van der Waals surface area contributed by atoms with Gasteiger partial charge in [-0.15, -0.1) is 0 Å². The zero-order valence-corrected chi connectivity index (χ0v) is 10.1. The highest BCUT2D eigenvalue weighted by Gasteiger charge is 2.54. The third-order valence-electron chi connectivity index (χ3n) is 4.39. The number of nitrogens with zero attached hydrogens (tertiary/aromatic N) is 1. The molecule has 0 unspecified atom stereocenters. The predicted molar refractivity (Wildman–Crippen MR) is 59.7 cm³/mol. The van der Waals surface area contributed by atoms with Crippen LogP contribution >= 0.6 is 11.6 Å². The highest BCUT2D eigenvalue weighted by atomic mass is 35.5. The Balaban J connectivity index is 2.18. The monoisotopic (exact) mass is 245 g/mol. The fourth-order valence-electron chi connectivity index (χ4n) is 3.12. The summed E-state index contributed by atoms with van der Waals surface area (Å²) in [5.41, 5.74) is -0.491. The number of oxime groups is 1. The molecule has 0 atom stereocenters. The molecule has 2 bridgehead atoms.